The van der Waals surface area contributed by atoms with Crippen LogP contribution in [0.4, 0.5) is 13.2 Å². The van der Waals surface area contributed by atoms with Crippen LogP contribution in [-0.2, 0) is 45.7 Å². The fraction of sp³-hybridized carbons (Fsp3) is 0.333. The maximum absolute atomic E-state index is 12.3. The van der Waals surface area contributed by atoms with Crippen LogP contribution in [0.15, 0.2) is 24.3 Å². The number of amides is 1. The number of primary amides is 1. The van der Waals surface area contributed by atoms with Gasteiger partial charge in [0.1, 0.15) is 0 Å². The largest absolute Gasteiger partial charge is 1.00 e. The molecule has 2 N–H and O–H groups in total. The van der Waals surface area contributed by atoms with Gasteiger partial charge in [-0.3, -0.25) is 19.2 Å². The summed E-state index contributed by atoms with van der Waals surface area (Å²) in [6, 6.07) is 4.88. The summed E-state index contributed by atoms with van der Waals surface area (Å²) < 4.78 is 50.1. The van der Waals surface area contributed by atoms with Crippen molar-refractivity contribution in [2.24, 2.45) is 5.73 Å². The molecule has 0 aliphatic carbocycles. The van der Waals surface area contributed by atoms with E-state index in [1.54, 1.807) is 0 Å². The second-order valence-electron chi connectivity index (χ2n) is 4.91. The van der Waals surface area contributed by atoms with Crippen molar-refractivity contribution in [3.05, 3.63) is 35.4 Å². The van der Waals surface area contributed by atoms with Crippen LogP contribution >= 0.6 is 0 Å². The summed E-state index contributed by atoms with van der Waals surface area (Å²) in [5.74, 6) is -2.92. The van der Waals surface area contributed by atoms with E-state index in [0.29, 0.717) is 0 Å². The molecule has 0 heterocycles. The van der Waals surface area contributed by atoms with Crippen molar-refractivity contribution >= 4 is 31.1 Å². The van der Waals surface area contributed by atoms with Crippen LogP contribution in [0.2, 0.25) is 0 Å². The number of halogens is 3. The number of nitrogens with two attached hydrogens (primary N) is 1. The maximum atomic E-state index is 12.3. The van der Waals surface area contributed by atoms with Crippen LogP contribution in [0, 0.1) is 0 Å². The molecule has 1 radical (unpaired) electrons. The van der Waals surface area contributed by atoms with Gasteiger partial charge in [-0.1, -0.05) is 18.2 Å². The van der Waals surface area contributed by atoms with Crippen LogP contribution < -0.4 is 35.3 Å². The van der Waals surface area contributed by atoms with Crippen LogP contribution in [-0.4, -0.2) is 31.1 Å². The fourth-order valence-corrected chi connectivity index (χ4v) is 1.62. The molecular formula is C15H17BF3NNaO7. The average Bonchev–Trinajstić information content (AvgIpc) is 2.44. The molecule has 1 aromatic rings. The summed E-state index contributed by atoms with van der Waals surface area (Å²) in [4.78, 5) is 41.7. The Morgan fingerprint density at radius 2 is 1.32 bits per heavy atom. The van der Waals surface area contributed by atoms with E-state index < -0.39 is 49.3 Å². The monoisotopic (exact) mass is 414 g/mol. The van der Waals surface area contributed by atoms with Crippen LogP contribution in [0.1, 0.15) is 31.9 Å². The van der Waals surface area contributed by atoms with E-state index in [4.69, 9.17) is 5.73 Å². The molecule has 0 aliphatic heterocycles. The molecule has 0 fully saturated rings. The molecule has 0 aromatic heterocycles. The van der Waals surface area contributed by atoms with E-state index in [1.165, 1.54) is 18.2 Å². The van der Waals surface area contributed by atoms with Gasteiger partial charge in [0.05, 0.1) is 12.0 Å². The Bertz CT molecular complexity index is 662. The molecule has 8 nitrogen and oxygen atoms in total. The molecule has 1 rings (SSSR count). The van der Waals surface area contributed by atoms with Gasteiger partial charge in [0.25, 0.3) is 17.9 Å². The molecule has 28 heavy (non-hydrogen) atoms. The SMILES string of the molecule is CC(=O)O[B-](OC(C)=O)OC(C)=O.NC(=O)Cc1ccccc1C(F)(F)F.[Na+]. The van der Waals surface area contributed by atoms with Crippen molar-refractivity contribution in [1.29, 1.82) is 0 Å². The first-order valence-electron chi connectivity index (χ1n) is 7.28. The van der Waals surface area contributed by atoms with Gasteiger partial charge in [-0.2, -0.15) is 13.2 Å². The van der Waals surface area contributed by atoms with Crippen LogP contribution in [0.3, 0.4) is 0 Å². The van der Waals surface area contributed by atoms with Crippen molar-refractivity contribution in [2.75, 3.05) is 0 Å². The molecular weight excluding hydrogens is 397 g/mol. The molecule has 0 spiro atoms. The third-order valence-corrected chi connectivity index (χ3v) is 2.47. The van der Waals surface area contributed by atoms with E-state index in [-0.39, 0.29) is 35.1 Å². The molecule has 0 unspecified atom stereocenters. The zero-order valence-corrected chi connectivity index (χ0v) is 17.7. The van der Waals surface area contributed by atoms with Gasteiger partial charge in [0, 0.05) is 20.8 Å². The van der Waals surface area contributed by atoms with Crippen LogP contribution in [0.25, 0.3) is 0 Å². The quantitative estimate of drug-likeness (QED) is 0.576. The maximum Gasteiger partial charge on any atom is 1.00 e. The number of hydrogen-bond donors (Lipinski definition) is 1. The van der Waals surface area contributed by atoms with E-state index in [1.807, 2.05) is 0 Å². The number of alkyl halides is 3. The average molecular weight is 414 g/mol. The van der Waals surface area contributed by atoms with E-state index in [2.05, 4.69) is 14.0 Å². The van der Waals surface area contributed by atoms with Gasteiger partial charge in [-0.25, -0.2) is 0 Å². The van der Waals surface area contributed by atoms with Gasteiger partial charge in [-0.15, -0.1) is 0 Å². The van der Waals surface area contributed by atoms with Crippen molar-refractivity contribution in [3.63, 3.8) is 0 Å². The molecule has 0 saturated carbocycles. The Kier molecular flexibility index (Phi) is 13.3. The Hall–Kier alpha value is -2.05. The van der Waals surface area contributed by atoms with E-state index >= 15 is 0 Å². The summed E-state index contributed by atoms with van der Waals surface area (Å²) in [7, 11) is -1.59. The molecule has 1 aromatic carbocycles. The van der Waals surface area contributed by atoms with Crippen molar-refractivity contribution in [1.82, 2.24) is 0 Å². The summed E-state index contributed by atoms with van der Waals surface area (Å²) in [5.41, 5.74) is 3.93. The predicted octanol–water partition coefficient (Wildman–Crippen LogP) is -1.60. The minimum Gasteiger partial charge on any atom is -0.642 e. The third-order valence-electron chi connectivity index (χ3n) is 2.47. The third kappa shape index (κ3) is 13.2. The Balaban J connectivity index is 0. The minimum atomic E-state index is -4.44. The minimum absolute atomic E-state index is 0. The second-order valence-corrected chi connectivity index (χ2v) is 4.91. The van der Waals surface area contributed by atoms with Gasteiger partial charge in [-0.05, 0) is 11.6 Å². The van der Waals surface area contributed by atoms with E-state index in [0.717, 1.165) is 26.8 Å². The molecule has 0 aliphatic rings. The van der Waals surface area contributed by atoms with E-state index in [9.17, 15) is 32.3 Å². The van der Waals surface area contributed by atoms with Crippen molar-refractivity contribution in [2.45, 2.75) is 33.4 Å². The molecule has 13 heteroatoms. The molecule has 149 valence electrons. The smallest absolute Gasteiger partial charge is 0.642 e. The van der Waals surface area contributed by atoms with Crippen molar-refractivity contribution in [3.8, 4) is 0 Å². The van der Waals surface area contributed by atoms with Gasteiger partial charge < -0.3 is 19.7 Å². The Labute approximate surface area is 181 Å². The normalized spacial score (nSPS) is 9.96. The number of rotatable bonds is 5. The summed E-state index contributed by atoms with van der Waals surface area (Å²) in [6.45, 7) is 3.29. The first kappa shape index (κ1) is 28.2. The zero-order valence-electron chi connectivity index (χ0n) is 15.7. The molecule has 0 saturated heterocycles. The van der Waals surface area contributed by atoms with Crippen LogP contribution in [0.5, 0.6) is 0 Å². The molecule has 0 bridgehead atoms. The topological polar surface area (TPSA) is 122 Å². The van der Waals surface area contributed by atoms with Gasteiger partial charge in [0.2, 0.25) is 5.91 Å². The van der Waals surface area contributed by atoms with Gasteiger partial charge in [0.15, 0.2) is 0 Å². The first-order valence-corrected chi connectivity index (χ1v) is 7.28. The summed E-state index contributed by atoms with van der Waals surface area (Å²) >= 11 is 0. The Morgan fingerprint density at radius 1 is 0.929 bits per heavy atom. The molecule has 1 amide bonds. The number of carbonyl (C=O) groups is 4. The van der Waals surface area contributed by atoms with Gasteiger partial charge >= 0.3 is 43.1 Å². The summed E-state index contributed by atoms with van der Waals surface area (Å²) in [6.07, 6.45) is -4.83. The number of hydrogen-bond acceptors (Lipinski definition) is 7. The fourth-order valence-electron chi connectivity index (χ4n) is 1.62. The van der Waals surface area contributed by atoms with Crippen molar-refractivity contribution < 1.29 is 75.9 Å². The number of carbonyl (C=O) groups excluding carboxylic acids is 4. The first-order chi connectivity index (χ1) is 12.3. The predicted molar refractivity (Wildman–Crippen MR) is 85.4 cm³/mol. The molecule has 0 atom stereocenters. The summed E-state index contributed by atoms with van der Waals surface area (Å²) in [5, 5.41) is 0. The second kappa shape index (κ2) is 13.2. The Morgan fingerprint density at radius 3 is 1.64 bits per heavy atom. The zero-order chi connectivity index (χ0) is 21.2. The number of benzene rings is 1. The standard InChI is InChI=1S/C9H8F3NO.C6H9BO6.Na/c10-9(11,12)7-4-2-1-3-6(7)5-8(13)14;1-4(8)11-7(12-5(2)9)13-6(3)10;/h1-4H,5H2,(H2,13,14);1-3H3;/q;-1;+1.